The fourth-order valence-electron chi connectivity index (χ4n) is 3.43. The standard InChI is InChI=1S/C25H31N7O5/c1-25(2,3)36-12-11-18-29-24(37-32-18)15-7-6-8-16(21(15)35-5)27-17-13-19(28-22(33)14-9-10-14)30-31-20(17)23(34)26-4/h6-8,13-14H,9-12H2,1-5H3,(H,26,34)(H2,27,28,30,33)/i4D3. The Balaban J connectivity index is 1.63. The van der Waals surface area contributed by atoms with Crippen LogP contribution in [0.5, 0.6) is 5.75 Å². The normalized spacial score (nSPS) is 14.8. The van der Waals surface area contributed by atoms with Gasteiger partial charge in [-0.15, -0.1) is 10.2 Å². The number of para-hydroxylation sites is 1. The van der Waals surface area contributed by atoms with E-state index in [2.05, 4.69) is 31.0 Å². The average molecular weight is 513 g/mol. The molecule has 2 heterocycles. The van der Waals surface area contributed by atoms with E-state index in [0.29, 0.717) is 35.9 Å². The van der Waals surface area contributed by atoms with Crippen LogP contribution in [0.3, 0.4) is 0 Å². The van der Waals surface area contributed by atoms with E-state index in [1.54, 1.807) is 18.2 Å². The van der Waals surface area contributed by atoms with E-state index >= 15 is 0 Å². The zero-order valence-corrected chi connectivity index (χ0v) is 21.0. The van der Waals surface area contributed by atoms with Crippen LogP contribution >= 0.6 is 0 Å². The van der Waals surface area contributed by atoms with Gasteiger partial charge in [-0.3, -0.25) is 9.59 Å². The second-order valence-electron chi connectivity index (χ2n) is 9.45. The smallest absolute Gasteiger partial charge is 0.273 e. The summed E-state index contributed by atoms with van der Waals surface area (Å²) in [6, 6.07) is 6.50. The first kappa shape index (κ1) is 22.2. The molecule has 3 N–H and O–H groups in total. The molecule has 0 saturated heterocycles. The van der Waals surface area contributed by atoms with Gasteiger partial charge in [-0.2, -0.15) is 4.98 Å². The molecule has 2 aromatic heterocycles. The van der Waals surface area contributed by atoms with Crippen molar-refractivity contribution in [2.45, 2.75) is 45.6 Å². The van der Waals surface area contributed by atoms with Crippen molar-refractivity contribution in [2.24, 2.45) is 5.92 Å². The van der Waals surface area contributed by atoms with Crippen molar-refractivity contribution in [3.05, 3.63) is 35.8 Å². The number of benzene rings is 1. The van der Waals surface area contributed by atoms with Gasteiger partial charge in [-0.05, 0) is 45.7 Å². The molecule has 0 atom stereocenters. The molecule has 12 nitrogen and oxygen atoms in total. The number of nitrogens with one attached hydrogen (secondary N) is 3. The molecule has 1 aromatic carbocycles. The minimum atomic E-state index is -2.75. The van der Waals surface area contributed by atoms with Crippen molar-refractivity contribution in [2.75, 3.05) is 31.3 Å². The number of ether oxygens (including phenoxy) is 2. The van der Waals surface area contributed by atoms with E-state index in [1.807, 2.05) is 26.1 Å². The van der Waals surface area contributed by atoms with Gasteiger partial charge >= 0.3 is 0 Å². The molecule has 1 aliphatic carbocycles. The molecule has 2 amide bonds. The first-order chi connectivity index (χ1) is 18.8. The van der Waals surface area contributed by atoms with Crippen molar-refractivity contribution < 1.29 is 27.7 Å². The maximum atomic E-state index is 12.7. The third-order valence-electron chi connectivity index (χ3n) is 5.37. The fourth-order valence-corrected chi connectivity index (χ4v) is 3.43. The van der Waals surface area contributed by atoms with Crippen LogP contribution in [0.2, 0.25) is 0 Å². The Hall–Kier alpha value is -4.06. The van der Waals surface area contributed by atoms with E-state index in [1.165, 1.54) is 13.2 Å². The number of carbonyl (C=O) groups is 2. The van der Waals surface area contributed by atoms with Gasteiger partial charge in [0.05, 0.1) is 36.3 Å². The van der Waals surface area contributed by atoms with E-state index in [0.717, 1.165) is 12.8 Å². The summed E-state index contributed by atoms with van der Waals surface area (Å²) in [4.78, 5) is 29.5. The number of nitrogens with zero attached hydrogens (tertiary/aromatic N) is 4. The van der Waals surface area contributed by atoms with Crippen LogP contribution in [-0.2, 0) is 16.0 Å². The Morgan fingerprint density at radius 1 is 1.22 bits per heavy atom. The molecule has 12 heteroatoms. The van der Waals surface area contributed by atoms with Gasteiger partial charge in [0.25, 0.3) is 11.8 Å². The van der Waals surface area contributed by atoms with Gasteiger partial charge in [0.1, 0.15) is 0 Å². The largest absolute Gasteiger partial charge is 0.494 e. The molecule has 0 spiro atoms. The summed E-state index contributed by atoms with van der Waals surface area (Å²) < 4.78 is 39.0. The Kier molecular flexibility index (Phi) is 6.53. The molecule has 0 aliphatic heterocycles. The Bertz CT molecular complexity index is 1380. The summed E-state index contributed by atoms with van der Waals surface area (Å²) in [7, 11) is 1.45. The van der Waals surface area contributed by atoms with Crippen LogP contribution in [-0.4, -0.2) is 58.4 Å². The highest BCUT2D eigenvalue weighted by Crippen LogP contribution is 2.38. The van der Waals surface area contributed by atoms with Gasteiger partial charge in [-0.25, -0.2) is 0 Å². The topological polar surface area (TPSA) is 153 Å². The number of hydrogen-bond donors (Lipinski definition) is 3. The molecule has 1 fully saturated rings. The molecule has 3 aromatic rings. The SMILES string of the molecule is [2H]C([2H])([2H])NC(=O)c1nnc(NC(=O)C2CC2)cc1Nc1cccc(-c2nc(CCOC(C)(C)C)no2)c1OC. The number of amides is 2. The van der Waals surface area contributed by atoms with Gasteiger partial charge in [0, 0.05) is 29.5 Å². The molecule has 0 bridgehead atoms. The third kappa shape index (κ3) is 6.58. The number of methoxy groups -OCH3 is 1. The first-order valence-electron chi connectivity index (χ1n) is 13.2. The molecular weight excluding hydrogens is 478 g/mol. The lowest BCUT2D eigenvalue weighted by Crippen LogP contribution is -2.22. The number of rotatable bonds is 10. The predicted octanol–water partition coefficient (Wildman–Crippen LogP) is 3.34. The second-order valence-corrected chi connectivity index (χ2v) is 9.45. The Morgan fingerprint density at radius 2 is 2.03 bits per heavy atom. The van der Waals surface area contributed by atoms with E-state index in [4.69, 9.17) is 18.1 Å². The van der Waals surface area contributed by atoms with Crippen molar-refractivity contribution in [1.29, 1.82) is 0 Å². The monoisotopic (exact) mass is 512 g/mol. The van der Waals surface area contributed by atoms with Gasteiger partial charge in [0.15, 0.2) is 23.1 Å². The number of aromatic nitrogens is 4. The zero-order valence-electron chi connectivity index (χ0n) is 24.0. The van der Waals surface area contributed by atoms with Crippen molar-refractivity contribution >= 4 is 29.0 Å². The van der Waals surface area contributed by atoms with E-state index in [9.17, 15) is 9.59 Å². The van der Waals surface area contributed by atoms with Crippen molar-refractivity contribution in [3.63, 3.8) is 0 Å². The van der Waals surface area contributed by atoms with Crippen LogP contribution in [0.25, 0.3) is 11.5 Å². The summed E-state index contributed by atoms with van der Waals surface area (Å²) in [6.45, 7) is 3.53. The molecule has 4 rings (SSSR count). The lowest BCUT2D eigenvalue weighted by molar-refractivity contribution is -0.117. The molecule has 196 valence electrons. The van der Waals surface area contributed by atoms with Crippen molar-refractivity contribution in [1.82, 2.24) is 25.7 Å². The summed E-state index contributed by atoms with van der Waals surface area (Å²) in [5, 5.41) is 19.4. The summed E-state index contributed by atoms with van der Waals surface area (Å²) in [5.41, 5.74) is 0.347. The predicted molar refractivity (Wildman–Crippen MR) is 136 cm³/mol. The third-order valence-corrected chi connectivity index (χ3v) is 5.37. The molecule has 37 heavy (non-hydrogen) atoms. The fraction of sp³-hybridized carbons (Fsp3) is 0.440. The quantitative estimate of drug-likeness (QED) is 0.368. The molecule has 0 radical (unpaired) electrons. The first-order valence-corrected chi connectivity index (χ1v) is 11.7. The lowest BCUT2D eigenvalue weighted by atomic mass is 10.1. The highest BCUT2D eigenvalue weighted by molar-refractivity contribution is 6.00. The summed E-state index contributed by atoms with van der Waals surface area (Å²) >= 11 is 0. The van der Waals surface area contributed by atoms with Crippen LogP contribution in [0.15, 0.2) is 28.8 Å². The minimum Gasteiger partial charge on any atom is -0.494 e. The highest BCUT2D eigenvalue weighted by atomic mass is 16.5. The van der Waals surface area contributed by atoms with Gasteiger partial charge < -0.3 is 29.9 Å². The average Bonchev–Trinajstić information content (AvgIpc) is 3.61. The van der Waals surface area contributed by atoms with Gasteiger partial charge in [-0.1, -0.05) is 11.2 Å². The van der Waals surface area contributed by atoms with Crippen LogP contribution < -0.4 is 20.7 Å². The van der Waals surface area contributed by atoms with E-state index < -0.39 is 12.9 Å². The van der Waals surface area contributed by atoms with Crippen LogP contribution in [0.1, 0.15) is 54.0 Å². The number of anilines is 3. The highest BCUT2D eigenvalue weighted by Gasteiger charge is 2.30. The van der Waals surface area contributed by atoms with Gasteiger partial charge in [0.2, 0.25) is 5.91 Å². The Morgan fingerprint density at radius 3 is 2.73 bits per heavy atom. The van der Waals surface area contributed by atoms with Crippen LogP contribution in [0, 0.1) is 5.92 Å². The Labute approximate surface area is 218 Å². The van der Waals surface area contributed by atoms with E-state index in [-0.39, 0.29) is 40.5 Å². The number of carbonyl (C=O) groups excluding carboxylic acids is 2. The summed E-state index contributed by atoms with van der Waals surface area (Å²) in [5.74, 6) is -0.212. The molecular formula is C25H31N7O5. The molecule has 1 saturated carbocycles. The maximum absolute atomic E-state index is 12.7. The maximum Gasteiger partial charge on any atom is 0.273 e. The van der Waals surface area contributed by atoms with Crippen molar-refractivity contribution in [3.8, 4) is 17.2 Å². The summed E-state index contributed by atoms with van der Waals surface area (Å²) in [6.07, 6.45) is 2.02. The van der Waals surface area contributed by atoms with Crippen LogP contribution in [0.4, 0.5) is 17.2 Å². The minimum absolute atomic E-state index is 0.0869. The zero-order chi connectivity index (χ0) is 29.1. The molecule has 0 unspecified atom stereocenters. The molecule has 1 aliphatic rings. The second kappa shape index (κ2) is 10.9. The lowest BCUT2D eigenvalue weighted by Gasteiger charge is -2.18. The number of hydrogen-bond acceptors (Lipinski definition) is 10.